The third-order valence-electron chi connectivity index (χ3n) is 8.97. The highest BCUT2D eigenvalue weighted by molar-refractivity contribution is 6.92. The Labute approximate surface area is 216 Å². The van der Waals surface area contributed by atoms with Gasteiger partial charge < -0.3 is 14.9 Å². The Balaban J connectivity index is 1.68. The topological polar surface area (TPSA) is 118 Å². The molecule has 3 aliphatic carbocycles. The number of ether oxygens (including phenoxy) is 1. The van der Waals surface area contributed by atoms with Crippen LogP contribution in [0.2, 0.25) is 18.1 Å². The van der Waals surface area contributed by atoms with Crippen molar-refractivity contribution >= 4 is 36.6 Å². The minimum Gasteiger partial charge on any atom is -0.507 e. The van der Waals surface area contributed by atoms with Gasteiger partial charge >= 0.3 is 5.97 Å². The molecule has 2 aromatic rings. The summed E-state index contributed by atoms with van der Waals surface area (Å²) in [5.74, 6) is -3.77. The van der Waals surface area contributed by atoms with Crippen molar-refractivity contribution in [2.75, 3.05) is 0 Å². The van der Waals surface area contributed by atoms with Crippen LogP contribution in [0.25, 0.3) is 0 Å². The van der Waals surface area contributed by atoms with E-state index in [-0.39, 0.29) is 53.1 Å². The molecule has 0 heterocycles. The molecule has 2 N–H and O–H groups in total. The van der Waals surface area contributed by atoms with E-state index >= 15 is 0 Å². The summed E-state index contributed by atoms with van der Waals surface area (Å²) in [4.78, 5) is 53.4. The van der Waals surface area contributed by atoms with E-state index in [1.165, 1.54) is 25.1 Å². The average molecular weight is 519 g/mol. The fourth-order valence-corrected chi connectivity index (χ4v) is 9.71. The van der Waals surface area contributed by atoms with Crippen LogP contribution in [0.15, 0.2) is 59.7 Å². The first-order chi connectivity index (χ1) is 17.3. The van der Waals surface area contributed by atoms with E-state index in [0.717, 1.165) is 5.19 Å². The quantitative estimate of drug-likeness (QED) is 0.472. The zero-order valence-corrected chi connectivity index (χ0v) is 22.3. The molecule has 37 heavy (non-hydrogen) atoms. The van der Waals surface area contributed by atoms with Crippen LogP contribution in [-0.2, 0) is 14.3 Å². The SMILES string of the molecule is CC(=O)O[C@H]1CC2=C(C(=O)c3cccc(O)c3C2=O)[C@@H]2C(=O)C[C@](C)([Si](C)(C)c3ccccc3)C[C@@]21O. The lowest BCUT2D eigenvalue weighted by Crippen LogP contribution is -2.66. The molecule has 7 nitrogen and oxygen atoms in total. The molecule has 0 bridgehead atoms. The number of esters is 1. The lowest BCUT2D eigenvalue weighted by Gasteiger charge is -2.57. The Morgan fingerprint density at radius 1 is 1.03 bits per heavy atom. The highest BCUT2D eigenvalue weighted by atomic mass is 28.3. The van der Waals surface area contributed by atoms with Crippen molar-refractivity contribution in [2.24, 2.45) is 5.92 Å². The number of hydrogen-bond acceptors (Lipinski definition) is 7. The van der Waals surface area contributed by atoms with Gasteiger partial charge in [-0.15, -0.1) is 0 Å². The van der Waals surface area contributed by atoms with Crippen molar-refractivity contribution in [3.63, 3.8) is 0 Å². The molecular weight excluding hydrogens is 488 g/mol. The highest BCUT2D eigenvalue weighted by Crippen LogP contribution is 2.59. The molecule has 0 radical (unpaired) electrons. The fraction of sp³-hybridized carbons (Fsp3) is 0.379. The summed E-state index contributed by atoms with van der Waals surface area (Å²) in [5.41, 5.74) is -1.98. The number of aromatic hydroxyl groups is 1. The number of fused-ring (bicyclic) bond motifs is 3. The van der Waals surface area contributed by atoms with Gasteiger partial charge in [0.2, 0.25) is 0 Å². The van der Waals surface area contributed by atoms with Crippen LogP contribution in [0.1, 0.15) is 53.8 Å². The third-order valence-corrected chi connectivity index (χ3v) is 14.1. The van der Waals surface area contributed by atoms with Crippen LogP contribution >= 0.6 is 0 Å². The number of carbonyl (C=O) groups excluding carboxylic acids is 4. The second-order valence-electron chi connectivity index (χ2n) is 11.3. The second kappa shape index (κ2) is 8.33. The van der Waals surface area contributed by atoms with E-state index in [1.807, 2.05) is 37.3 Å². The van der Waals surface area contributed by atoms with Crippen LogP contribution in [0.4, 0.5) is 0 Å². The van der Waals surface area contributed by atoms with Gasteiger partial charge in [0.1, 0.15) is 23.2 Å². The second-order valence-corrected chi connectivity index (χ2v) is 16.4. The summed E-state index contributed by atoms with van der Waals surface area (Å²) >= 11 is 0. The standard InChI is InChI=1S/C29H30O7Si/c1-16(30)36-22-13-19-24(26(33)18-11-8-12-20(31)23(18)27(19)34)25-21(32)14-28(2,15-29(22,25)35)37(3,4)17-9-6-5-7-10-17/h5-12,22,25,31,35H,13-15H2,1-4H3/t22-,25-,28-,29-/m0/s1. The van der Waals surface area contributed by atoms with Gasteiger partial charge in [0.15, 0.2) is 11.6 Å². The number of rotatable bonds is 3. The minimum atomic E-state index is -2.40. The molecule has 8 heteroatoms. The average Bonchev–Trinajstić information content (AvgIpc) is 2.82. The van der Waals surface area contributed by atoms with Gasteiger partial charge in [0.25, 0.3) is 0 Å². The number of ketones is 3. The number of benzene rings is 2. The summed E-state index contributed by atoms with van der Waals surface area (Å²) in [5, 5.41) is 23.2. The Bertz CT molecular complexity index is 1390. The van der Waals surface area contributed by atoms with Gasteiger partial charge in [-0.25, -0.2) is 0 Å². The monoisotopic (exact) mass is 518 g/mol. The zero-order chi connectivity index (χ0) is 26.9. The normalized spacial score (nSPS) is 29.4. The Morgan fingerprint density at radius 2 is 1.70 bits per heavy atom. The molecular formula is C29H30O7Si. The predicted molar refractivity (Wildman–Crippen MR) is 139 cm³/mol. The van der Waals surface area contributed by atoms with Crippen molar-refractivity contribution in [1.29, 1.82) is 0 Å². The van der Waals surface area contributed by atoms with Gasteiger partial charge in [0, 0.05) is 36.5 Å². The van der Waals surface area contributed by atoms with Crippen molar-refractivity contribution in [2.45, 2.75) is 62.9 Å². The van der Waals surface area contributed by atoms with Crippen LogP contribution < -0.4 is 5.19 Å². The first kappa shape index (κ1) is 25.3. The van der Waals surface area contributed by atoms with Crippen LogP contribution in [-0.4, -0.2) is 53.3 Å². The number of Topliss-reactive ketones (excluding diaryl/α,β-unsaturated/α-hetero) is 3. The van der Waals surface area contributed by atoms with Crippen LogP contribution in [0.5, 0.6) is 5.75 Å². The van der Waals surface area contributed by atoms with Gasteiger partial charge in [0.05, 0.1) is 19.6 Å². The van der Waals surface area contributed by atoms with E-state index in [9.17, 15) is 29.4 Å². The number of phenols is 1. The third kappa shape index (κ3) is 3.57. The number of aliphatic hydroxyl groups is 1. The Kier molecular flexibility index (Phi) is 5.69. The Hall–Kier alpha value is -3.36. The van der Waals surface area contributed by atoms with E-state index < -0.39 is 48.3 Å². The van der Waals surface area contributed by atoms with Gasteiger partial charge in [-0.05, 0) is 17.5 Å². The molecule has 2 aromatic carbocycles. The maximum Gasteiger partial charge on any atom is 0.303 e. The molecule has 1 saturated carbocycles. The summed E-state index contributed by atoms with van der Waals surface area (Å²) in [6.07, 6.45) is -1.15. The molecule has 192 valence electrons. The van der Waals surface area contributed by atoms with E-state index in [2.05, 4.69) is 13.1 Å². The molecule has 0 saturated heterocycles. The van der Waals surface area contributed by atoms with Crippen molar-refractivity contribution in [3.8, 4) is 5.75 Å². The molecule has 5 rings (SSSR count). The first-order valence-electron chi connectivity index (χ1n) is 12.4. The minimum absolute atomic E-state index is 0.0113. The molecule has 4 atom stereocenters. The highest BCUT2D eigenvalue weighted by Gasteiger charge is 2.65. The molecule has 1 fully saturated rings. The summed E-state index contributed by atoms with van der Waals surface area (Å²) in [6.45, 7) is 7.52. The van der Waals surface area contributed by atoms with E-state index in [1.54, 1.807) is 0 Å². The summed E-state index contributed by atoms with van der Waals surface area (Å²) in [6, 6.07) is 14.1. The first-order valence-corrected chi connectivity index (χ1v) is 15.4. The molecule has 0 amide bonds. The van der Waals surface area contributed by atoms with E-state index in [4.69, 9.17) is 4.74 Å². The lowest BCUT2D eigenvalue weighted by atomic mass is 9.57. The summed E-state index contributed by atoms with van der Waals surface area (Å²) < 4.78 is 5.59. The fourth-order valence-electron chi connectivity index (χ4n) is 6.65. The van der Waals surface area contributed by atoms with Crippen LogP contribution in [0, 0.1) is 5.92 Å². The molecule has 0 spiro atoms. The van der Waals surface area contributed by atoms with Crippen LogP contribution in [0.3, 0.4) is 0 Å². The predicted octanol–water partition coefficient (Wildman–Crippen LogP) is 3.49. The van der Waals surface area contributed by atoms with Crippen molar-refractivity contribution in [1.82, 2.24) is 0 Å². The van der Waals surface area contributed by atoms with Gasteiger partial charge in [-0.2, -0.15) is 0 Å². The lowest BCUT2D eigenvalue weighted by molar-refractivity contribution is -0.182. The van der Waals surface area contributed by atoms with Gasteiger partial charge in [-0.1, -0.05) is 67.7 Å². The van der Waals surface area contributed by atoms with Crippen molar-refractivity contribution in [3.05, 3.63) is 70.8 Å². The Morgan fingerprint density at radius 3 is 2.35 bits per heavy atom. The molecule has 0 unspecified atom stereocenters. The zero-order valence-electron chi connectivity index (χ0n) is 21.3. The maximum absolute atomic E-state index is 14.0. The van der Waals surface area contributed by atoms with Crippen molar-refractivity contribution < 1.29 is 34.1 Å². The molecule has 3 aliphatic rings. The number of phenolic OH excluding ortho intramolecular Hbond substituents is 1. The number of carbonyl (C=O) groups is 4. The largest absolute Gasteiger partial charge is 0.507 e. The molecule has 0 aliphatic heterocycles. The van der Waals surface area contributed by atoms with E-state index in [0.29, 0.717) is 0 Å². The number of hydrogen-bond donors (Lipinski definition) is 2. The smallest absolute Gasteiger partial charge is 0.303 e. The maximum atomic E-state index is 14.0. The van der Waals surface area contributed by atoms with Gasteiger partial charge in [-0.3, -0.25) is 19.2 Å². The molecule has 0 aromatic heterocycles. The summed E-state index contributed by atoms with van der Waals surface area (Å²) in [7, 11) is -2.40.